The van der Waals surface area contributed by atoms with E-state index in [1.54, 1.807) is 37.4 Å². The van der Waals surface area contributed by atoms with Crippen molar-refractivity contribution in [1.82, 2.24) is 25.3 Å². The van der Waals surface area contributed by atoms with Crippen molar-refractivity contribution in [1.29, 1.82) is 0 Å². The first-order valence-electron chi connectivity index (χ1n) is 8.43. The Morgan fingerprint density at radius 1 is 1.14 bits per heavy atom. The number of hydrogen-bond donors (Lipinski definition) is 2. The molecule has 1 atom stereocenters. The van der Waals surface area contributed by atoms with E-state index in [0.29, 0.717) is 28.7 Å². The van der Waals surface area contributed by atoms with Gasteiger partial charge in [0.15, 0.2) is 0 Å². The van der Waals surface area contributed by atoms with Crippen molar-refractivity contribution in [3.63, 3.8) is 0 Å². The van der Waals surface area contributed by atoms with E-state index in [-0.39, 0.29) is 11.1 Å². The molecule has 0 saturated carbocycles. The van der Waals surface area contributed by atoms with Crippen molar-refractivity contribution < 1.29 is 14.3 Å². The zero-order valence-corrected chi connectivity index (χ0v) is 15.6. The molecule has 0 radical (unpaired) electrons. The summed E-state index contributed by atoms with van der Waals surface area (Å²) >= 11 is 0. The Morgan fingerprint density at radius 3 is 2.46 bits per heavy atom. The van der Waals surface area contributed by atoms with Gasteiger partial charge in [0.2, 0.25) is 0 Å². The number of rotatable bonds is 6. The Bertz CT molecular complexity index is 1010. The summed E-state index contributed by atoms with van der Waals surface area (Å²) < 4.78 is 10.5. The van der Waals surface area contributed by atoms with Crippen LogP contribution in [0.1, 0.15) is 29.1 Å². The third-order valence-electron chi connectivity index (χ3n) is 4.02. The van der Waals surface area contributed by atoms with Crippen LogP contribution in [-0.4, -0.2) is 40.1 Å². The normalized spacial score (nSPS) is 11.5. The highest BCUT2D eigenvalue weighted by atomic mass is 16.5. The fourth-order valence-electron chi connectivity index (χ4n) is 2.67. The Kier molecular flexibility index (Phi) is 5.64. The van der Waals surface area contributed by atoms with Crippen LogP contribution in [0.2, 0.25) is 0 Å². The summed E-state index contributed by atoms with van der Waals surface area (Å²) in [7, 11) is 2.94. The summed E-state index contributed by atoms with van der Waals surface area (Å²) in [5, 5.41) is 2.80. The van der Waals surface area contributed by atoms with Gasteiger partial charge in [-0.05, 0) is 25.1 Å². The first-order valence-corrected chi connectivity index (χ1v) is 8.43. The second kappa shape index (κ2) is 8.30. The molecule has 0 saturated heterocycles. The number of nitrogens with zero attached hydrogens (tertiary/aromatic N) is 3. The van der Waals surface area contributed by atoms with Crippen LogP contribution in [0.5, 0.6) is 11.5 Å². The van der Waals surface area contributed by atoms with E-state index in [4.69, 9.17) is 9.47 Å². The maximum atomic E-state index is 12.8. The molecule has 0 aliphatic heterocycles. The zero-order valence-electron chi connectivity index (χ0n) is 15.6. The molecule has 0 aliphatic rings. The van der Waals surface area contributed by atoms with Crippen LogP contribution >= 0.6 is 0 Å². The molecule has 9 heteroatoms. The number of benzene rings is 1. The van der Waals surface area contributed by atoms with Gasteiger partial charge < -0.3 is 19.8 Å². The van der Waals surface area contributed by atoms with E-state index < -0.39 is 11.9 Å². The van der Waals surface area contributed by atoms with Crippen LogP contribution < -0.4 is 20.3 Å². The molecule has 2 aromatic heterocycles. The van der Waals surface area contributed by atoms with Gasteiger partial charge in [-0.15, -0.1) is 0 Å². The topological polar surface area (TPSA) is 119 Å². The average molecular weight is 381 g/mol. The van der Waals surface area contributed by atoms with Crippen molar-refractivity contribution in [2.75, 3.05) is 14.2 Å². The number of carbonyl (C=O) groups excluding carboxylic acids is 1. The van der Waals surface area contributed by atoms with E-state index in [2.05, 4.69) is 25.3 Å². The lowest BCUT2D eigenvalue weighted by molar-refractivity contribution is 0.0932. The third-order valence-corrected chi connectivity index (χ3v) is 4.02. The number of aromatic amines is 1. The van der Waals surface area contributed by atoms with Crippen LogP contribution in [-0.2, 0) is 0 Å². The van der Waals surface area contributed by atoms with Gasteiger partial charge in [0.1, 0.15) is 29.2 Å². The van der Waals surface area contributed by atoms with Crippen molar-refractivity contribution >= 4 is 5.91 Å². The van der Waals surface area contributed by atoms with Gasteiger partial charge in [-0.1, -0.05) is 6.07 Å². The number of H-pyrrole nitrogens is 1. The Morgan fingerprint density at radius 2 is 1.86 bits per heavy atom. The summed E-state index contributed by atoms with van der Waals surface area (Å²) in [5.41, 5.74) is 0.799. The molecular weight excluding hydrogens is 362 g/mol. The van der Waals surface area contributed by atoms with E-state index in [0.717, 1.165) is 0 Å². The number of nitrogens with one attached hydrogen (secondary N) is 2. The standard InChI is InChI=1S/C19H19N5O4/c1-11(22-19(26)17-14(27-2)5-4-6-15(17)28-3)18-23-13(9-16(25)24-18)12-7-8-20-10-21-12/h4-11H,1-3H3,(H,22,26)(H,23,24,25). The van der Waals surface area contributed by atoms with Crippen molar-refractivity contribution in [3.8, 4) is 22.9 Å². The van der Waals surface area contributed by atoms with Gasteiger partial charge in [0.05, 0.1) is 31.6 Å². The number of methoxy groups -OCH3 is 2. The SMILES string of the molecule is COc1cccc(OC)c1C(=O)NC(C)c1nc(-c2ccncn2)cc(=O)[nH]1. The average Bonchev–Trinajstić information content (AvgIpc) is 2.73. The maximum Gasteiger partial charge on any atom is 0.259 e. The predicted molar refractivity (Wildman–Crippen MR) is 101 cm³/mol. The van der Waals surface area contributed by atoms with Crippen LogP contribution in [0.3, 0.4) is 0 Å². The monoisotopic (exact) mass is 381 g/mol. The largest absolute Gasteiger partial charge is 0.496 e. The summed E-state index contributed by atoms with van der Waals surface area (Å²) in [6, 6.07) is 7.45. The van der Waals surface area contributed by atoms with Gasteiger partial charge in [-0.2, -0.15) is 0 Å². The molecule has 9 nitrogen and oxygen atoms in total. The highest BCUT2D eigenvalue weighted by Gasteiger charge is 2.21. The Balaban J connectivity index is 1.90. The molecule has 144 valence electrons. The summed E-state index contributed by atoms with van der Waals surface area (Å²) in [6.07, 6.45) is 2.93. The minimum atomic E-state index is -0.586. The Hall–Kier alpha value is -3.75. The van der Waals surface area contributed by atoms with Crippen LogP contribution in [0.4, 0.5) is 0 Å². The molecule has 1 amide bonds. The van der Waals surface area contributed by atoms with E-state index in [9.17, 15) is 9.59 Å². The summed E-state index contributed by atoms with van der Waals surface area (Å²) in [6.45, 7) is 1.71. The number of hydrogen-bond acceptors (Lipinski definition) is 7. The second-order valence-electron chi connectivity index (χ2n) is 5.84. The fourth-order valence-corrected chi connectivity index (χ4v) is 2.67. The molecular formula is C19H19N5O4. The number of carbonyl (C=O) groups is 1. The van der Waals surface area contributed by atoms with Crippen LogP contribution in [0.15, 0.2) is 47.7 Å². The number of aromatic nitrogens is 4. The Labute approximate surface area is 160 Å². The molecule has 0 spiro atoms. The predicted octanol–water partition coefficient (Wildman–Crippen LogP) is 1.74. The number of ether oxygens (including phenoxy) is 2. The molecule has 0 aliphatic carbocycles. The summed E-state index contributed by atoms with van der Waals surface area (Å²) in [5.74, 6) is 0.626. The molecule has 0 bridgehead atoms. The van der Waals surface area contributed by atoms with Gasteiger partial charge in [0.25, 0.3) is 11.5 Å². The van der Waals surface area contributed by atoms with Gasteiger partial charge in [-0.3, -0.25) is 9.59 Å². The van der Waals surface area contributed by atoms with E-state index in [1.165, 1.54) is 26.6 Å². The van der Waals surface area contributed by atoms with Gasteiger partial charge in [0, 0.05) is 12.3 Å². The number of amides is 1. The van der Waals surface area contributed by atoms with Crippen LogP contribution in [0, 0.1) is 0 Å². The maximum absolute atomic E-state index is 12.8. The van der Waals surface area contributed by atoms with Crippen molar-refractivity contribution in [2.45, 2.75) is 13.0 Å². The molecule has 1 aromatic carbocycles. The molecule has 2 heterocycles. The molecule has 1 unspecified atom stereocenters. The lowest BCUT2D eigenvalue weighted by Gasteiger charge is -2.17. The highest BCUT2D eigenvalue weighted by molar-refractivity contribution is 5.99. The minimum absolute atomic E-state index is 0.258. The van der Waals surface area contributed by atoms with Crippen LogP contribution in [0.25, 0.3) is 11.4 Å². The first kappa shape index (κ1) is 19.0. The molecule has 3 aromatic rings. The smallest absolute Gasteiger partial charge is 0.259 e. The zero-order chi connectivity index (χ0) is 20.1. The van der Waals surface area contributed by atoms with Gasteiger partial charge >= 0.3 is 0 Å². The van der Waals surface area contributed by atoms with Crippen molar-refractivity contribution in [2.24, 2.45) is 0 Å². The molecule has 2 N–H and O–H groups in total. The first-order chi connectivity index (χ1) is 13.5. The molecule has 28 heavy (non-hydrogen) atoms. The highest BCUT2D eigenvalue weighted by Crippen LogP contribution is 2.28. The second-order valence-corrected chi connectivity index (χ2v) is 5.84. The van der Waals surface area contributed by atoms with Gasteiger partial charge in [-0.25, -0.2) is 15.0 Å². The minimum Gasteiger partial charge on any atom is -0.496 e. The third kappa shape index (κ3) is 3.98. The lowest BCUT2D eigenvalue weighted by atomic mass is 10.1. The molecule has 0 fully saturated rings. The van der Waals surface area contributed by atoms with Crippen molar-refractivity contribution in [3.05, 3.63) is 64.6 Å². The fraction of sp³-hybridized carbons (Fsp3) is 0.211. The molecule has 3 rings (SSSR count). The lowest BCUT2D eigenvalue weighted by Crippen LogP contribution is -2.30. The summed E-state index contributed by atoms with van der Waals surface area (Å²) in [4.78, 5) is 39.9. The van der Waals surface area contributed by atoms with E-state index >= 15 is 0 Å². The quantitative estimate of drug-likeness (QED) is 0.667. The van der Waals surface area contributed by atoms with E-state index in [1.807, 2.05) is 0 Å².